The van der Waals surface area contributed by atoms with E-state index in [1.54, 1.807) is 6.20 Å². The van der Waals surface area contributed by atoms with Gasteiger partial charge in [0, 0.05) is 12.6 Å². The van der Waals surface area contributed by atoms with Gasteiger partial charge < -0.3 is 4.90 Å². The summed E-state index contributed by atoms with van der Waals surface area (Å²) in [6, 6.07) is 0.640. The number of halogens is 1. The quantitative estimate of drug-likeness (QED) is 0.741. The largest absolute Gasteiger partial charge is 0.352 e. The second kappa shape index (κ2) is 4.79. The highest BCUT2D eigenvalue weighted by Gasteiger charge is 2.23. The Morgan fingerprint density at radius 2 is 2.33 bits per heavy atom. The lowest BCUT2D eigenvalue weighted by Crippen LogP contribution is -2.29. The van der Waals surface area contributed by atoms with Crippen molar-refractivity contribution in [3.05, 3.63) is 18.1 Å². The van der Waals surface area contributed by atoms with E-state index in [1.807, 2.05) is 6.20 Å². The summed E-state index contributed by atoms with van der Waals surface area (Å²) in [5.41, 5.74) is 0.840. The van der Waals surface area contributed by atoms with Gasteiger partial charge in [-0.1, -0.05) is 6.92 Å². The minimum absolute atomic E-state index is 0.435. The number of anilines is 1. The van der Waals surface area contributed by atoms with Gasteiger partial charge in [0.25, 0.3) is 0 Å². The third-order valence-electron chi connectivity index (χ3n) is 2.97. The van der Waals surface area contributed by atoms with E-state index < -0.39 is 0 Å². The molecule has 0 bridgehead atoms. The van der Waals surface area contributed by atoms with Crippen LogP contribution in [0.1, 0.15) is 31.9 Å². The Labute approximate surface area is 95.5 Å². The van der Waals surface area contributed by atoms with Crippen LogP contribution in [0, 0.1) is 0 Å². The molecule has 1 atom stereocenters. The van der Waals surface area contributed by atoms with Crippen LogP contribution in [-0.4, -0.2) is 22.6 Å². The van der Waals surface area contributed by atoms with E-state index in [2.05, 4.69) is 21.8 Å². The van der Waals surface area contributed by atoms with Gasteiger partial charge in [-0.3, -0.25) is 4.98 Å². The minimum Gasteiger partial charge on any atom is -0.352 e. The van der Waals surface area contributed by atoms with Gasteiger partial charge in [0.1, 0.15) is 5.82 Å². The smallest absolute Gasteiger partial charge is 0.147 e. The normalized spacial score (nSPS) is 20.9. The first-order chi connectivity index (χ1) is 7.35. The van der Waals surface area contributed by atoms with E-state index in [0.29, 0.717) is 11.9 Å². The molecule has 82 valence electrons. The summed E-state index contributed by atoms with van der Waals surface area (Å²) in [6.45, 7) is 3.33. The molecule has 1 saturated heterocycles. The molecule has 2 rings (SSSR count). The lowest BCUT2D eigenvalue weighted by atomic mass is 10.2. The lowest BCUT2D eigenvalue weighted by Gasteiger charge is -2.24. The molecule has 0 aliphatic carbocycles. The van der Waals surface area contributed by atoms with E-state index in [4.69, 9.17) is 11.6 Å². The Hall–Kier alpha value is -0.830. The van der Waals surface area contributed by atoms with Crippen molar-refractivity contribution in [2.45, 2.75) is 38.1 Å². The third kappa shape index (κ3) is 2.23. The highest BCUT2D eigenvalue weighted by atomic mass is 35.5. The Morgan fingerprint density at radius 3 is 2.93 bits per heavy atom. The van der Waals surface area contributed by atoms with Gasteiger partial charge in [0.2, 0.25) is 0 Å². The van der Waals surface area contributed by atoms with Crippen LogP contribution in [0.5, 0.6) is 0 Å². The lowest BCUT2D eigenvalue weighted by molar-refractivity contribution is 0.639. The van der Waals surface area contributed by atoms with Crippen molar-refractivity contribution in [3.8, 4) is 0 Å². The molecule has 15 heavy (non-hydrogen) atoms. The van der Waals surface area contributed by atoms with Gasteiger partial charge in [-0.05, 0) is 19.3 Å². The summed E-state index contributed by atoms with van der Waals surface area (Å²) in [7, 11) is 0. The predicted molar refractivity (Wildman–Crippen MR) is 62.2 cm³/mol. The highest BCUT2D eigenvalue weighted by molar-refractivity contribution is 6.16. The molecule has 0 aromatic carbocycles. The van der Waals surface area contributed by atoms with Gasteiger partial charge >= 0.3 is 0 Å². The van der Waals surface area contributed by atoms with Gasteiger partial charge in [0.05, 0.1) is 24.0 Å². The zero-order valence-corrected chi connectivity index (χ0v) is 9.74. The maximum Gasteiger partial charge on any atom is 0.147 e. The van der Waals surface area contributed by atoms with Crippen molar-refractivity contribution in [1.82, 2.24) is 9.97 Å². The van der Waals surface area contributed by atoms with Crippen molar-refractivity contribution in [3.63, 3.8) is 0 Å². The molecule has 1 aromatic rings. The zero-order chi connectivity index (χ0) is 10.7. The summed E-state index contributed by atoms with van der Waals surface area (Å²) in [5, 5.41) is 0. The maximum absolute atomic E-state index is 5.68. The number of aromatic nitrogens is 2. The fourth-order valence-corrected chi connectivity index (χ4v) is 2.27. The van der Waals surface area contributed by atoms with Crippen molar-refractivity contribution >= 4 is 17.4 Å². The molecule has 0 N–H and O–H groups in total. The van der Waals surface area contributed by atoms with E-state index in [9.17, 15) is 0 Å². The molecule has 0 spiro atoms. The van der Waals surface area contributed by atoms with Crippen molar-refractivity contribution < 1.29 is 0 Å². The first-order valence-electron chi connectivity index (χ1n) is 5.48. The standard InChI is InChI=1S/C11H16ClN3/c1-2-10-4-3-5-15(10)11-8-13-9(6-12)7-14-11/h7-8,10H,2-6H2,1H3. The molecule has 1 aliphatic heterocycles. The monoisotopic (exact) mass is 225 g/mol. The summed E-state index contributed by atoms with van der Waals surface area (Å²) in [6.07, 6.45) is 7.32. The SMILES string of the molecule is CCC1CCCN1c1cnc(CCl)cn1. The van der Waals surface area contributed by atoms with Crippen molar-refractivity contribution in [2.75, 3.05) is 11.4 Å². The van der Waals surface area contributed by atoms with Crippen LogP contribution in [0.4, 0.5) is 5.82 Å². The average Bonchev–Trinajstić information content (AvgIpc) is 2.77. The molecule has 1 unspecified atom stereocenters. The van der Waals surface area contributed by atoms with E-state index in [1.165, 1.54) is 19.3 Å². The second-order valence-electron chi connectivity index (χ2n) is 3.90. The molecule has 0 amide bonds. The average molecular weight is 226 g/mol. The molecule has 1 fully saturated rings. The molecule has 4 heteroatoms. The van der Waals surface area contributed by atoms with Crippen molar-refractivity contribution in [2.24, 2.45) is 0 Å². The fraction of sp³-hybridized carbons (Fsp3) is 0.636. The van der Waals surface area contributed by atoms with Crippen LogP contribution in [0.3, 0.4) is 0 Å². The number of nitrogens with zero attached hydrogens (tertiary/aromatic N) is 3. The van der Waals surface area contributed by atoms with Gasteiger partial charge in [-0.25, -0.2) is 4.98 Å². The minimum atomic E-state index is 0.435. The van der Waals surface area contributed by atoms with Crippen LogP contribution in [0.15, 0.2) is 12.4 Å². The summed E-state index contributed by atoms with van der Waals surface area (Å²) in [4.78, 5) is 11.0. The van der Waals surface area contributed by atoms with E-state index in [0.717, 1.165) is 18.1 Å². The highest BCUT2D eigenvalue weighted by Crippen LogP contribution is 2.24. The number of hydrogen-bond acceptors (Lipinski definition) is 3. The van der Waals surface area contributed by atoms with Crippen LogP contribution in [0.25, 0.3) is 0 Å². The maximum atomic E-state index is 5.68. The second-order valence-corrected chi connectivity index (χ2v) is 4.16. The van der Waals surface area contributed by atoms with Crippen molar-refractivity contribution in [1.29, 1.82) is 0 Å². The number of alkyl halides is 1. The molecular formula is C11H16ClN3. The van der Waals surface area contributed by atoms with Crippen LogP contribution >= 0.6 is 11.6 Å². The Bertz CT molecular complexity index is 312. The molecule has 1 aromatic heterocycles. The zero-order valence-electron chi connectivity index (χ0n) is 8.99. The summed E-state index contributed by atoms with van der Waals surface area (Å²) < 4.78 is 0. The number of rotatable bonds is 3. The predicted octanol–water partition coefficient (Wildman–Crippen LogP) is 2.59. The van der Waals surface area contributed by atoms with Crippen LogP contribution in [-0.2, 0) is 5.88 Å². The first kappa shape index (κ1) is 10.7. The van der Waals surface area contributed by atoms with Crippen LogP contribution in [0.2, 0.25) is 0 Å². The fourth-order valence-electron chi connectivity index (χ4n) is 2.13. The van der Waals surface area contributed by atoms with Gasteiger partial charge in [-0.15, -0.1) is 11.6 Å². The molecule has 1 aliphatic rings. The molecule has 2 heterocycles. The molecule has 0 radical (unpaired) electrons. The van der Waals surface area contributed by atoms with Gasteiger partial charge in [-0.2, -0.15) is 0 Å². The number of hydrogen-bond donors (Lipinski definition) is 0. The van der Waals surface area contributed by atoms with E-state index >= 15 is 0 Å². The van der Waals surface area contributed by atoms with Crippen LogP contribution < -0.4 is 4.90 Å². The molecule has 0 saturated carbocycles. The summed E-state index contributed by atoms with van der Waals surface area (Å²) in [5.74, 6) is 1.43. The molecular weight excluding hydrogens is 210 g/mol. The third-order valence-corrected chi connectivity index (χ3v) is 3.25. The van der Waals surface area contributed by atoms with Gasteiger partial charge in [0.15, 0.2) is 0 Å². The Morgan fingerprint density at radius 1 is 1.47 bits per heavy atom. The Balaban J connectivity index is 2.14. The molecule has 3 nitrogen and oxygen atoms in total. The summed E-state index contributed by atoms with van der Waals surface area (Å²) >= 11 is 5.68. The topological polar surface area (TPSA) is 29.0 Å². The first-order valence-corrected chi connectivity index (χ1v) is 6.02. The Kier molecular flexibility index (Phi) is 3.41. The van der Waals surface area contributed by atoms with E-state index in [-0.39, 0.29) is 0 Å².